The summed E-state index contributed by atoms with van der Waals surface area (Å²) in [5.41, 5.74) is 2.92. The number of hydrogen-bond donors (Lipinski definition) is 2. The van der Waals surface area contributed by atoms with Crippen molar-refractivity contribution in [2.45, 2.75) is 12.3 Å². The number of benzene rings is 3. The van der Waals surface area contributed by atoms with E-state index in [-0.39, 0.29) is 17.6 Å². The number of ether oxygens (including phenoxy) is 1. The minimum atomic E-state index is -0.0622. The van der Waals surface area contributed by atoms with E-state index in [9.17, 15) is 9.90 Å². The largest absolute Gasteiger partial charge is 0.504 e. The predicted molar refractivity (Wildman–Crippen MR) is 93.7 cm³/mol. The lowest BCUT2D eigenvalue weighted by molar-refractivity contribution is -0.116. The Bertz CT molecular complexity index is 949. The average molecular weight is 319 g/mol. The van der Waals surface area contributed by atoms with E-state index in [4.69, 9.17) is 4.74 Å². The molecule has 1 aliphatic rings. The maximum absolute atomic E-state index is 12.3. The van der Waals surface area contributed by atoms with E-state index in [1.807, 2.05) is 30.3 Å². The number of carbonyl (C=O) groups excluding carboxylic acids is 1. The van der Waals surface area contributed by atoms with Crippen LogP contribution in [0.3, 0.4) is 0 Å². The summed E-state index contributed by atoms with van der Waals surface area (Å²) >= 11 is 0. The van der Waals surface area contributed by atoms with E-state index in [0.717, 1.165) is 27.6 Å². The van der Waals surface area contributed by atoms with Crippen LogP contribution < -0.4 is 10.1 Å². The van der Waals surface area contributed by atoms with E-state index < -0.39 is 0 Å². The second-order valence-electron chi connectivity index (χ2n) is 5.99. The number of anilines is 1. The van der Waals surface area contributed by atoms with Gasteiger partial charge in [-0.15, -0.1) is 0 Å². The van der Waals surface area contributed by atoms with Gasteiger partial charge in [0.1, 0.15) is 0 Å². The van der Waals surface area contributed by atoms with Gasteiger partial charge in [0.25, 0.3) is 0 Å². The van der Waals surface area contributed by atoms with E-state index >= 15 is 0 Å². The summed E-state index contributed by atoms with van der Waals surface area (Å²) in [5.74, 6) is 0.449. The predicted octanol–water partition coefficient (Wildman–Crippen LogP) is 4.03. The van der Waals surface area contributed by atoms with Gasteiger partial charge < -0.3 is 15.2 Å². The van der Waals surface area contributed by atoms with Crippen LogP contribution in [0.4, 0.5) is 5.69 Å². The van der Waals surface area contributed by atoms with Crippen LogP contribution in [0.25, 0.3) is 10.8 Å². The molecule has 0 radical (unpaired) electrons. The Morgan fingerprint density at radius 1 is 1.12 bits per heavy atom. The van der Waals surface area contributed by atoms with Crippen molar-refractivity contribution in [1.82, 2.24) is 0 Å². The Kier molecular flexibility index (Phi) is 3.38. The fourth-order valence-electron chi connectivity index (χ4n) is 3.41. The zero-order valence-electron chi connectivity index (χ0n) is 13.2. The fraction of sp³-hybridized carbons (Fsp3) is 0.150. The van der Waals surface area contributed by atoms with Crippen molar-refractivity contribution >= 4 is 22.4 Å². The molecule has 3 aromatic rings. The van der Waals surface area contributed by atoms with Crippen molar-refractivity contribution < 1.29 is 14.6 Å². The summed E-state index contributed by atoms with van der Waals surface area (Å²) in [6.45, 7) is 0. The Balaban J connectivity index is 1.90. The van der Waals surface area contributed by atoms with Crippen molar-refractivity contribution in [3.63, 3.8) is 0 Å². The average Bonchev–Trinajstić information content (AvgIpc) is 2.61. The zero-order chi connectivity index (χ0) is 16.7. The number of phenols is 1. The molecule has 120 valence electrons. The first-order valence-electron chi connectivity index (χ1n) is 7.86. The Morgan fingerprint density at radius 2 is 1.96 bits per heavy atom. The first-order valence-corrected chi connectivity index (χ1v) is 7.86. The molecule has 0 saturated carbocycles. The molecule has 4 nitrogen and oxygen atoms in total. The molecule has 0 aromatic heterocycles. The Morgan fingerprint density at radius 3 is 2.79 bits per heavy atom. The molecular formula is C20H17NO3. The molecule has 0 bridgehead atoms. The van der Waals surface area contributed by atoms with Gasteiger partial charge in [0.2, 0.25) is 5.91 Å². The molecule has 1 amide bonds. The number of amides is 1. The third kappa shape index (κ3) is 2.27. The second kappa shape index (κ2) is 5.57. The van der Waals surface area contributed by atoms with E-state index in [0.29, 0.717) is 12.2 Å². The first-order chi connectivity index (χ1) is 11.7. The van der Waals surface area contributed by atoms with Crippen molar-refractivity contribution in [2.24, 2.45) is 0 Å². The summed E-state index contributed by atoms with van der Waals surface area (Å²) in [5, 5.41) is 15.0. The van der Waals surface area contributed by atoms with Crippen LogP contribution in [0.15, 0.2) is 54.6 Å². The third-order valence-electron chi connectivity index (χ3n) is 4.60. The Hall–Kier alpha value is -3.01. The molecule has 1 atom stereocenters. The number of fused-ring (bicyclic) bond motifs is 3. The molecule has 3 aromatic carbocycles. The summed E-state index contributed by atoms with van der Waals surface area (Å²) in [7, 11) is 1.52. The van der Waals surface area contributed by atoms with Gasteiger partial charge >= 0.3 is 0 Å². The van der Waals surface area contributed by atoms with Gasteiger partial charge in [-0.1, -0.05) is 42.5 Å². The number of aromatic hydroxyl groups is 1. The molecule has 4 rings (SSSR count). The zero-order valence-corrected chi connectivity index (χ0v) is 13.2. The normalized spacial score (nSPS) is 16.5. The summed E-state index contributed by atoms with van der Waals surface area (Å²) in [6.07, 6.45) is 0.374. The molecule has 0 saturated heterocycles. The highest BCUT2D eigenvalue weighted by atomic mass is 16.5. The molecule has 24 heavy (non-hydrogen) atoms. The van der Waals surface area contributed by atoms with Gasteiger partial charge in [0, 0.05) is 17.7 Å². The monoisotopic (exact) mass is 319 g/mol. The lowest BCUT2D eigenvalue weighted by atomic mass is 9.83. The van der Waals surface area contributed by atoms with Gasteiger partial charge in [0.05, 0.1) is 12.8 Å². The molecule has 1 aliphatic heterocycles. The Labute approximate surface area is 139 Å². The lowest BCUT2D eigenvalue weighted by Gasteiger charge is -2.27. The van der Waals surface area contributed by atoms with Crippen LogP contribution in [-0.4, -0.2) is 18.1 Å². The van der Waals surface area contributed by atoms with E-state index in [1.54, 1.807) is 12.1 Å². The van der Waals surface area contributed by atoms with Gasteiger partial charge in [0.15, 0.2) is 11.5 Å². The molecule has 1 heterocycles. The molecule has 0 spiro atoms. The minimum Gasteiger partial charge on any atom is -0.504 e. The summed E-state index contributed by atoms with van der Waals surface area (Å²) in [6, 6.07) is 17.4. The van der Waals surface area contributed by atoms with E-state index in [2.05, 4.69) is 17.4 Å². The molecule has 0 aliphatic carbocycles. The van der Waals surface area contributed by atoms with Crippen LogP contribution in [-0.2, 0) is 4.79 Å². The highest BCUT2D eigenvalue weighted by molar-refractivity contribution is 6.06. The first kappa shape index (κ1) is 14.6. The molecule has 2 N–H and O–H groups in total. The lowest BCUT2D eigenvalue weighted by Crippen LogP contribution is -2.23. The highest BCUT2D eigenvalue weighted by Gasteiger charge is 2.28. The van der Waals surface area contributed by atoms with E-state index in [1.165, 1.54) is 7.11 Å². The van der Waals surface area contributed by atoms with Crippen LogP contribution in [0.5, 0.6) is 11.5 Å². The quantitative estimate of drug-likeness (QED) is 0.750. The molecule has 0 fully saturated rings. The number of phenolic OH excluding ortho intramolecular Hbond substituents is 1. The topological polar surface area (TPSA) is 58.6 Å². The van der Waals surface area contributed by atoms with Crippen LogP contribution in [0, 0.1) is 0 Å². The van der Waals surface area contributed by atoms with Crippen molar-refractivity contribution in [3.8, 4) is 11.5 Å². The SMILES string of the molecule is COc1cc(C2CC(=O)Nc3c2ccc2ccccc32)ccc1O. The standard InChI is InChI=1S/C20H17NO3/c1-24-18-10-13(7-9-17(18)22)16-11-19(23)21-20-14-5-3-2-4-12(14)6-8-15(16)20/h2-10,16,22H,11H2,1H3,(H,21,23). The van der Waals surface area contributed by atoms with Gasteiger partial charge in [-0.2, -0.15) is 0 Å². The van der Waals surface area contributed by atoms with Crippen LogP contribution >= 0.6 is 0 Å². The number of carbonyl (C=O) groups is 1. The number of rotatable bonds is 2. The molecule has 1 unspecified atom stereocenters. The van der Waals surface area contributed by atoms with Crippen molar-refractivity contribution in [1.29, 1.82) is 0 Å². The highest BCUT2D eigenvalue weighted by Crippen LogP contribution is 2.42. The molecular weight excluding hydrogens is 302 g/mol. The van der Waals surface area contributed by atoms with Crippen LogP contribution in [0.1, 0.15) is 23.5 Å². The molecule has 4 heteroatoms. The number of methoxy groups -OCH3 is 1. The van der Waals surface area contributed by atoms with Gasteiger partial charge in [-0.25, -0.2) is 0 Å². The fourth-order valence-corrected chi connectivity index (χ4v) is 3.41. The maximum Gasteiger partial charge on any atom is 0.225 e. The minimum absolute atomic E-state index is 0.00380. The van der Waals surface area contributed by atoms with Gasteiger partial charge in [-0.3, -0.25) is 4.79 Å². The van der Waals surface area contributed by atoms with Crippen molar-refractivity contribution in [3.05, 3.63) is 65.7 Å². The summed E-state index contributed by atoms with van der Waals surface area (Å²) in [4.78, 5) is 12.3. The number of nitrogens with one attached hydrogen (secondary N) is 1. The van der Waals surface area contributed by atoms with Crippen LogP contribution in [0.2, 0.25) is 0 Å². The van der Waals surface area contributed by atoms with Gasteiger partial charge in [-0.05, 0) is 28.6 Å². The third-order valence-corrected chi connectivity index (χ3v) is 4.60. The summed E-state index contributed by atoms with van der Waals surface area (Å²) < 4.78 is 5.21. The smallest absolute Gasteiger partial charge is 0.225 e. The number of hydrogen-bond acceptors (Lipinski definition) is 3. The maximum atomic E-state index is 12.3. The van der Waals surface area contributed by atoms with Crippen molar-refractivity contribution in [2.75, 3.05) is 12.4 Å². The second-order valence-corrected chi connectivity index (χ2v) is 5.99.